The molecule has 0 aliphatic heterocycles. The number of aryl methyl sites for hydroxylation is 1. The van der Waals surface area contributed by atoms with Gasteiger partial charge in [0.1, 0.15) is 10.7 Å². The number of carbonyl (C=O) groups excluding carboxylic acids is 1. The first-order chi connectivity index (χ1) is 9.47. The van der Waals surface area contributed by atoms with Crippen molar-refractivity contribution in [3.05, 3.63) is 23.5 Å². The molecule has 0 fully saturated rings. The minimum Gasteiger partial charge on any atom is -0.481 e. The molecule has 8 heteroatoms. The number of amides is 1. The van der Waals surface area contributed by atoms with Crippen LogP contribution in [0.25, 0.3) is 10.6 Å². The van der Waals surface area contributed by atoms with Crippen LogP contribution >= 0.6 is 11.3 Å². The van der Waals surface area contributed by atoms with Gasteiger partial charge in [0.05, 0.1) is 12.1 Å². The Balaban J connectivity index is 2.01. The molecular formula is C12H14N4O3S. The van der Waals surface area contributed by atoms with Crippen LogP contribution in [0.4, 0.5) is 0 Å². The summed E-state index contributed by atoms with van der Waals surface area (Å²) < 4.78 is 1.66. The number of carboxylic acids is 1. The smallest absolute Gasteiger partial charge is 0.308 e. The lowest BCUT2D eigenvalue weighted by atomic mass is 10.2. The van der Waals surface area contributed by atoms with Gasteiger partial charge in [0.2, 0.25) is 0 Å². The normalized spacial score (nSPS) is 12.1. The number of carboxylic acid groups (broad SMARTS) is 1. The predicted molar refractivity (Wildman–Crippen MR) is 73.4 cm³/mol. The molecule has 0 spiro atoms. The summed E-state index contributed by atoms with van der Waals surface area (Å²) in [5, 5.41) is 17.7. The molecule has 0 aliphatic rings. The van der Waals surface area contributed by atoms with Gasteiger partial charge in [-0.15, -0.1) is 11.3 Å². The molecule has 2 rings (SSSR count). The summed E-state index contributed by atoms with van der Waals surface area (Å²) >= 11 is 1.34. The molecule has 0 saturated heterocycles. The van der Waals surface area contributed by atoms with Gasteiger partial charge in [-0.3, -0.25) is 14.3 Å². The van der Waals surface area contributed by atoms with Crippen LogP contribution in [-0.4, -0.2) is 38.3 Å². The molecule has 1 unspecified atom stereocenters. The molecule has 0 aliphatic carbocycles. The molecular weight excluding hydrogens is 280 g/mol. The van der Waals surface area contributed by atoms with Crippen LogP contribution in [0, 0.1) is 5.92 Å². The maximum Gasteiger partial charge on any atom is 0.308 e. The van der Waals surface area contributed by atoms with E-state index >= 15 is 0 Å². The Morgan fingerprint density at radius 2 is 2.30 bits per heavy atom. The molecule has 106 valence electrons. The quantitative estimate of drug-likeness (QED) is 0.857. The van der Waals surface area contributed by atoms with Crippen molar-refractivity contribution >= 4 is 23.2 Å². The van der Waals surface area contributed by atoms with Crippen LogP contribution in [0.3, 0.4) is 0 Å². The van der Waals surface area contributed by atoms with Crippen molar-refractivity contribution in [2.75, 3.05) is 6.54 Å². The number of carbonyl (C=O) groups is 2. The number of aromatic nitrogens is 3. The maximum atomic E-state index is 11.8. The van der Waals surface area contributed by atoms with Crippen LogP contribution in [0.2, 0.25) is 0 Å². The Kier molecular flexibility index (Phi) is 4.14. The molecule has 0 saturated carbocycles. The summed E-state index contributed by atoms with van der Waals surface area (Å²) in [6.07, 6.45) is 3.49. The molecule has 2 aromatic heterocycles. The lowest BCUT2D eigenvalue weighted by Gasteiger charge is -2.06. The van der Waals surface area contributed by atoms with Crippen molar-refractivity contribution in [1.29, 1.82) is 0 Å². The number of hydrogen-bond acceptors (Lipinski definition) is 5. The first-order valence-corrected chi connectivity index (χ1v) is 6.81. The zero-order valence-corrected chi connectivity index (χ0v) is 11.8. The summed E-state index contributed by atoms with van der Waals surface area (Å²) in [5.74, 6) is -1.94. The second kappa shape index (κ2) is 5.83. The maximum absolute atomic E-state index is 11.8. The fraction of sp³-hybridized carbons (Fsp3) is 0.333. The van der Waals surface area contributed by atoms with E-state index in [4.69, 9.17) is 5.11 Å². The highest BCUT2D eigenvalue weighted by atomic mass is 32.1. The van der Waals surface area contributed by atoms with Gasteiger partial charge in [-0.2, -0.15) is 5.10 Å². The van der Waals surface area contributed by atoms with Crippen LogP contribution in [0.5, 0.6) is 0 Å². The van der Waals surface area contributed by atoms with Crippen molar-refractivity contribution in [1.82, 2.24) is 20.1 Å². The van der Waals surface area contributed by atoms with E-state index in [-0.39, 0.29) is 18.1 Å². The van der Waals surface area contributed by atoms with Crippen molar-refractivity contribution in [3.63, 3.8) is 0 Å². The number of thiazole rings is 1. The summed E-state index contributed by atoms with van der Waals surface area (Å²) in [7, 11) is 1.80. The number of rotatable bonds is 5. The van der Waals surface area contributed by atoms with Gasteiger partial charge in [-0.1, -0.05) is 6.92 Å². The van der Waals surface area contributed by atoms with Crippen LogP contribution in [-0.2, 0) is 11.8 Å². The number of hydrogen-bond donors (Lipinski definition) is 2. The van der Waals surface area contributed by atoms with Crippen molar-refractivity contribution in [3.8, 4) is 10.6 Å². The van der Waals surface area contributed by atoms with Gasteiger partial charge in [0, 0.05) is 30.7 Å². The average Bonchev–Trinajstić information content (AvgIpc) is 3.03. The van der Waals surface area contributed by atoms with Gasteiger partial charge in [0.25, 0.3) is 5.91 Å². The minimum atomic E-state index is -0.945. The highest BCUT2D eigenvalue weighted by Gasteiger charge is 2.16. The lowest BCUT2D eigenvalue weighted by molar-refractivity contribution is -0.140. The third-order valence-corrected chi connectivity index (χ3v) is 3.57. The molecule has 2 N–H and O–H groups in total. The van der Waals surface area contributed by atoms with Gasteiger partial charge in [-0.05, 0) is 0 Å². The van der Waals surface area contributed by atoms with Gasteiger partial charge in [0.15, 0.2) is 0 Å². The Bertz CT molecular complexity index is 634. The van der Waals surface area contributed by atoms with Crippen LogP contribution in [0.1, 0.15) is 17.4 Å². The molecule has 1 atom stereocenters. The van der Waals surface area contributed by atoms with E-state index in [1.165, 1.54) is 18.3 Å². The summed E-state index contributed by atoms with van der Waals surface area (Å²) in [6, 6.07) is 0. The predicted octanol–water partition coefficient (Wildman–Crippen LogP) is 0.994. The molecule has 7 nitrogen and oxygen atoms in total. The molecule has 2 aromatic rings. The summed E-state index contributed by atoms with van der Waals surface area (Å²) in [5.41, 5.74) is 1.13. The highest BCUT2D eigenvalue weighted by Crippen LogP contribution is 2.22. The Morgan fingerprint density at radius 3 is 2.90 bits per heavy atom. The van der Waals surface area contributed by atoms with Crippen LogP contribution in [0.15, 0.2) is 17.8 Å². The van der Waals surface area contributed by atoms with E-state index in [1.807, 2.05) is 6.20 Å². The van der Waals surface area contributed by atoms with Crippen molar-refractivity contribution in [2.24, 2.45) is 13.0 Å². The topological polar surface area (TPSA) is 97.1 Å². The van der Waals surface area contributed by atoms with E-state index in [1.54, 1.807) is 23.3 Å². The first-order valence-electron chi connectivity index (χ1n) is 5.93. The van der Waals surface area contributed by atoms with Crippen molar-refractivity contribution in [2.45, 2.75) is 6.92 Å². The molecule has 2 heterocycles. The lowest BCUT2D eigenvalue weighted by Crippen LogP contribution is -2.31. The zero-order valence-electron chi connectivity index (χ0n) is 11.0. The highest BCUT2D eigenvalue weighted by molar-refractivity contribution is 7.13. The molecule has 1 amide bonds. The van der Waals surface area contributed by atoms with E-state index in [2.05, 4.69) is 15.4 Å². The largest absolute Gasteiger partial charge is 0.481 e. The minimum absolute atomic E-state index is 0.0773. The number of nitrogens with one attached hydrogen (secondary N) is 1. The zero-order chi connectivity index (χ0) is 14.7. The molecule has 0 aromatic carbocycles. The Morgan fingerprint density at radius 1 is 1.55 bits per heavy atom. The third-order valence-electron chi connectivity index (χ3n) is 2.68. The SMILES string of the molecule is CC(CNC(=O)c1csc(-c2cnn(C)c2)n1)C(=O)O. The molecule has 0 radical (unpaired) electrons. The summed E-state index contributed by atoms with van der Waals surface area (Å²) in [4.78, 5) is 26.7. The molecule has 20 heavy (non-hydrogen) atoms. The second-order valence-corrected chi connectivity index (χ2v) is 5.25. The van der Waals surface area contributed by atoms with E-state index in [0.29, 0.717) is 5.01 Å². The number of aliphatic carboxylic acids is 1. The second-order valence-electron chi connectivity index (χ2n) is 4.39. The Hall–Kier alpha value is -2.22. The van der Waals surface area contributed by atoms with E-state index in [0.717, 1.165) is 5.56 Å². The van der Waals surface area contributed by atoms with Crippen LogP contribution < -0.4 is 5.32 Å². The monoisotopic (exact) mass is 294 g/mol. The fourth-order valence-electron chi connectivity index (χ4n) is 1.47. The van der Waals surface area contributed by atoms with E-state index in [9.17, 15) is 9.59 Å². The van der Waals surface area contributed by atoms with Gasteiger partial charge >= 0.3 is 5.97 Å². The van der Waals surface area contributed by atoms with Crippen molar-refractivity contribution < 1.29 is 14.7 Å². The number of nitrogens with zero attached hydrogens (tertiary/aromatic N) is 3. The third kappa shape index (κ3) is 3.21. The molecule has 0 bridgehead atoms. The first kappa shape index (κ1) is 14.2. The van der Waals surface area contributed by atoms with Gasteiger partial charge in [-0.25, -0.2) is 4.98 Å². The van der Waals surface area contributed by atoms with Gasteiger partial charge < -0.3 is 10.4 Å². The summed E-state index contributed by atoms with van der Waals surface area (Å²) in [6.45, 7) is 1.61. The Labute approximate surface area is 119 Å². The average molecular weight is 294 g/mol. The fourth-order valence-corrected chi connectivity index (χ4v) is 2.24. The standard InChI is InChI=1S/C12H14N4O3S/c1-7(12(18)19)3-13-10(17)9-6-20-11(15-9)8-4-14-16(2)5-8/h4-7H,3H2,1-2H3,(H,13,17)(H,18,19). The van der Waals surface area contributed by atoms with E-state index < -0.39 is 11.9 Å².